The first-order chi connectivity index (χ1) is 9.49. The van der Waals surface area contributed by atoms with Crippen molar-refractivity contribution in [2.45, 2.75) is 19.5 Å². The van der Waals surface area contributed by atoms with Gasteiger partial charge in [-0.3, -0.25) is 0 Å². The second-order valence-corrected chi connectivity index (χ2v) is 6.57. The molecular formula is C15H13BrCl3N. The average molecular weight is 394 g/mol. The standard InChI is InChI=1S/C15H13BrCl3N/c1-9(12-6-7-13(17)15(19)14(12)18)20-8-10-2-4-11(16)5-3-10/h2-7,9,20H,8H2,1H3. The molecule has 2 rings (SSSR count). The van der Waals surface area contributed by atoms with E-state index in [9.17, 15) is 0 Å². The van der Waals surface area contributed by atoms with Gasteiger partial charge >= 0.3 is 0 Å². The van der Waals surface area contributed by atoms with Gasteiger partial charge in [0.05, 0.1) is 15.1 Å². The summed E-state index contributed by atoms with van der Waals surface area (Å²) < 4.78 is 1.07. The lowest BCUT2D eigenvalue weighted by atomic mass is 10.1. The number of hydrogen-bond acceptors (Lipinski definition) is 1. The Morgan fingerprint density at radius 2 is 1.65 bits per heavy atom. The van der Waals surface area contributed by atoms with E-state index in [4.69, 9.17) is 34.8 Å². The van der Waals surface area contributed by atoms with Crippen molar-refractivity contribution in [2.24, 2.45) is 0 Å². The average Bonchev–Trinajstić information content (AvgIpc) is 2.44. The van der Waals surface area contributed by atoms with E-state index in [0.29, 0.717) is 15.1 Å². The van der Waals surface area contributed by atoms with Gasteiger partial charge in [-0.05, 0) is 36.2 Å². The third-order valence-electron chi connectivity index (χ3n) is 3.06. The highest BCUT2D eigenvalue weighted by atomic mass is 79.9. The molecule has 0 aliphatic rings. The molecule has 0 spiro atoms. The normalized spacial score (nSPS) is 12.4. The minimum atomic E-state index is 0.0842. The van der Waals surface area contributed by atoms with Crippen LogP contribution in [0.25, 0.3) is 0 Å². The maximum absolute atomic E-state index is 6.23. The molecule has 0 aliphatic carbocycles. The molecule has 5 heteroatoms. The van der Waals surface area contributed by atoms with E-state index >= 15 is 0 Å². The van der Waals surface area contributed by atoms with Gasteiger partial charge in [0.2, 0.25) is 0 Å². The number of halogens is 4. The van der Waals surface area contributed by atoms with Crippen LogP contribution in [-0.2, 0) is 6.54 Å². The largest absolute Gasteiger partial charge is 0.306 e. The van der Waals surface area contributed by atoms with E-state index in [2.05, 4.69) is 33.4 Å². The third kappa shape index (κ3) is 3.90. The topological polar surface area (TPSA) is 12.0 Å². The highest BCUT2D eigenvalue weighted by Gasteiger charge is 2.13. The fourth-order valence-electron chi connectivity index (χ4n) is 1.86. The van der Waals surface area contributed by atoms with E-state index in [1.165, 1.54) is 5.56 Å². The molecule has 0 fully saturated rings. The van der Waals surface area contributed by atoms with Crippen LogP contribution >= 0.6 is 50.7 Å². The third-order valence-corrected chi connectivity index (χ3v) is 4.89. The summed E-state index contributed by atoms with van der Waals surface area (Å²) in [6.45, 7) is 2.80. The molecule has 2 aromatic carbocycles. The second-order valence-electron chi connectivity index (χ2n) is 4.49. The molecular weight excluding hydrogens is 380 g/mol. The van der Waals surface area contributed by atoms with Crippen LogP contribution in [0.3, 0.4) is 0 Å². The van der Waals surface area contributed by atoms with Crippen LogP contribution in [0.4, 0.5) is 0 Å². The van der Waals surface area contributed by atoms with Crippen molar-refractivity contribution < 1.29 is 0 Å². The van der Waals surface area contributed by atoms with E-state index in [1.807, 2.05) is 25.1 Å². The Kier molecular flexibility index (Phi) is 5.76. The monoisotopic (exact) mass is 391 g/mol. The lowest BCUT2D eigenvalue weighted by Gasteiger charge is -2.17. The Bertz CT molecular complexity index is 599. The molecule has 0 heterocycles. The Morgan fingerprint density at radius 3 is 2.30 bits per heavy atom. The number of benzene rings is 2. The Labute approximate surface area is 142 Å². The van der Waals surface area contributed by atoms with Crippen molar-refractivity contribution in [1.29, 1.82) is 0 Å². The zero-order valence-electron chi connectivity index (χ0n) is 10.8. The summed E-state index contributed by atoms with van der Waals surface area (Å²) in [6.07, 6.45) is 0. The van der Waals surface area contributed by atoms with Crippen LogP contribution in [0, 0.1) is 0 Å². The van der Waals surface area contributed by atoms with Crippen molar-refractivity contribution in [2.75, 3.05) is 0 Å². The summed E-state index contributed by atoms with van der Waals surface area (Å²) in [5, 5.41) is 4.81. The fraction of sp³-hybridized carbons (Fsp3) is 0.200. The van der Waals surface area contributed by atoms with E-state index in [-0.39, 0.29) is 6.04 Å². The van der Waals surface area contributed by atoms with Crippen molar-refractivity contribution in [3.8, 4) is 0 Å². The minimum Gasteiger partial charge on any atom is -0.306 e. The van der Waals surface area contributed by atoms with Crippen LogP contribution in [0.2, 0.25) is 15.1 Å². The van der Waals surface area contributed by atoms with Gasteiger partial charge in [-0.25, -0.2) is 0 Å². The predicted molar refractivity (Wildman–Crippen MR) is 90.9 cm³/mol. The zero-order chi connectivity index (χ0) is 14.7. The second kappa shape index (κ2) is 7.15. The van der Waals surface area contributed by atoms with Gasteiger partial charge in [-0.15, -0.1) is 0 Å². The zero-order valence-corrected chi connectivity index (χ0v) is 14.6. The number of rotatable bonds is 4. The molecule has 1 nitrogen and oxygen atoms in total. The Morgan fingerprint density at radius 1 is 1.00 bits per heavy atom. The lowest BCUT2D eigenvalue weighted by molar-refractivity contribution is 0.575. The van der Waals surface area contributed by atoms with Crippen LogP contribution in [0.5, 0.6) is 0 Å². The molecule has 0 aliphatic heterocycles. The SMILES string of the molecule is CC(NCc1ccc(Br)cc1)c1ccc(Cl)c(Cl)c1Cl. The summed E-state index contributed by atoms with van der Waals surface area (Å²) in [5.41, 5.74) is 2.15. The maximum Gasteiger partial charge on any atom is 0.0781 e. The molecule has 20 heavy (non-hydrogen) atoms. The Balaban J connectivity index is 2.07. The minimum absolute atomic E-state index is 0.0842. The molecule has 0 saturated heterocycles. The highest BCUT2D eigenvalue weighted by Crippen LogP contribution is 2.35. The van der Waals surface area contributed by atoms with Crippen molar-refractivity contribution in [3.05, 3.63) is 67.1 Å². The van der Waals surface area contributed by atoms with Gasteiger partial charge in [0, 0.05) is 17.1 Å². The lowest BCUT2D eigenvalue weighted by Crippen LogP contribution is -2.18. The summed E-state index contributed by atoms with van der Waals surface area (Å²) in [7, 11) is 0. The molecule has 1 unspecified atom stereocenters. The van der Waals surface area contributed by atoms with Gasteiger partial charge < -0.3 is 5.32 Å². The summed E-state index contributed by atoms with van der Waals surface area (Å²) >= 11 is 21.7. The first-order valence-corrected chi connectivity index (χ1v) is 8.03. The molecule has 106 valence electrons. The molecule has 0 amide bonds. The van der Waals surface area contributed by atoms with Gasteiger partial charge in [0.25, 0.3) is 0 Å². The first-order valence-electron chi connectivity index (χ1n) is 6.10. The molecule has 0 aromatic heterocycles. The van der Waals surface area contributed by atoms with Crippen molar-refractivity contribution in [1.82, 2.24) is 5.32 Å². The molecule has 0 saturated carbocycles. The van der Waals surface area contributed by atoms with Crippen molar-refractivity contribution >= 4 is 50.7 Å². The molecule has 1 atom stereocenters. The predicted octanol–water partition coefficient (Wildman–Crippen LogP) is 6.26. The van der Waals surface area contributed by atoms with Crippen LogP contribution < -0.4 is 5.32 Å². The van der Waals surface area contributed by atoms with Gasteiger partial charge in [-0.2, -0.15) is 0 Å². The molecule has 2 aromatic rings. The van der Waals surface area contributed by atoms with Crippen LogP contribution in [0.15, 0.2) is 40.9 Å². The molecule has 0 bridgehead atoms. The Hall–Kier alpha value is -0.250. The molecule has 0 radical (unpaired) electrons. The van der Waals surface area contributed by atoms with Gasteiger partial charge in [0.1, 0.15) is 0 Å². The van der Waals surface area contributed by atoms with Crippen LogP contribution in [0.1, 0.15) is 24.1 Å². The summed E-state index contributed by atoms with van der Waals surface area (Å²) in [4.78, 5) is 0. The van der Waals surface area contributed by atoms with E-state index in [1.54, 1.807) is 6.07 Å². The highest BCUT2D eigenvalue weighted by molar-refractivity contribution is 9.10. The summed E-state index contributed by atoms with van der Waals surface area (Å²) in [6, 6.07) is 11.9. The number of nitrogens with one attached hydrogen (secondary N) is 1. The quantitative estimate of drug-likeness (QED) is 0.605. The van der Waals surface area contributed by atoms with E-state index < -0.39 is 0 Å². The van der Waals surface area contributed by atoms with E-state index in [0.717, 1.165) is 16.6 Å². The first kappa shape index (κ1) is 16.1. The van der Waals surface area contributed by atoms with Gasteiger partial charge in [0.15, 0.2) is 0 Å². The smallest absolute Gasteiger partial charge is 0.0781 e. The van der Waals surface area contributed by atoms with Crippen molar-refractivity contribution in [3.63, 3.8) is 0 Å². The number of hydrogen-bond donors (Lipinski definition) is 1. The fourth-order valence-corrected chi connectivity index (χ4v) is 2.83. The summed E-state index contributed by atoms with van der Waals surface area (Å²) in [5.74, 6) is 0. The molecule has 1 N–H and O–H groups in total. The van der Waals surface area contributed by atoms with Crippen LogP contribution in [-0.4, -0.2) is 0 Å². The maximum atomic E-state index is 6.23. The van der Waals surface area contributed by atoms with Gasteiger partial charge in [-0.1, -0.05) is 68.9 Å².